The largest absolute Gasteiger partial charge is 0.383 e. The van der Waals surface area contributed by atoms with Gasteiger partial charge in [-0.3, -0.25) is 9.48 Å². The lowest BCUT2D eigenvalue weighted by Crippen LogP contribution is -2.39. The molecule has 0 N–H and O–H groups in total. The Hall–Kier alpha value is -2.14. The zero-order valence-electron chi connectivity index (χ0n) is 14.6. The summed E-state index contributed by atoms with van der Waals surface area (Å²) in [5, 5.41) is 4.40. The first-order valence-electron chi connectivity index (χ1n) is 8.51. The molecule has 24 heavy (non-hydrogen) atoms. The topological polar surface area (TPSA) is 47.4 Å². The second kappa shape index (κ2) is 7.18. The third kappa shape index (κ3) is 3.22. The van der Waals surface area contributed by atoms with Gasteiger partial charge >= 0.3 is 0 Å². The summed E-state index contributed by atoms with van der Waals surface area (Å²) < 4.78 is 6.82. The van der Waals surface area contributed by atoms with Crippen LogP contribution < -0.4 is 0 Å². The van der Waals surface area contributed by atoms with Gasteiger partial charge in [0.2, 0.25) is 0 Å². The summed E-state index contributed by atoms with van der Waals surface area (Å²) in [6.07, 6.45) is 2.83. The van der Waals surface area contributed by atoms with Crippen LogP contribution in [0.15, 0.2) is 42.6 Å². The highest BCUT2D eigenvalue weighted by atomic mass is 16.5. The molecule has 1 aliphatic heterocycles. The fourth-order valence-corrected chi connectivity index (χ4v) is 3.69. The Labute approximate surface area is 143 Å². The number of benzene rings is 1. The van der Waals surface area contributed by atoms with E-state index in [4.69, 9.17) is 4.74 Å². The van der Waals surface area contributed by atoms with Gasteiger partial charge in [0, 0.05) is 31.3 Å². The van der Waals surface area contributed by atoms with Gasteiger partial charge in [-0.05, 0) is 31.9 Å². The lowest BCUT2D eigenvalue weighted by atomic mass is 9.92. The highest BCUT2D eigenvalue weighted by molar-refractivity contribution is 5.93. The minimum Gasteiger partial charge on any atom is -0.383 e. The molecule has 1 aliphatic rings. The zero-order valence-corrected chi connectivity index (χ0v) is 14.6. The first kappa shape index (κ1) is 16.7. The van der Waals surface area contributed by atoms with E-state index in [9.17, 15) is 4.79 Å². The maximum absolute atomic E-state index is 13.0. The SMILES string of the molecule is COCCn1ccc(C(=O)N2C(C)CC(c3ccccc3)C2C)n1. The second-order valence-corrected chi connectivity index (χ2v) is 6.51. The molecule has 2 heterocycles. The molecule has 0 bridgehead atoms. The van der Waals surface area contributed by atoms with Crippen molar-refractivity contribution in [3.63, 3.8) is 0 Å². The third-order valence-corrected chi connectivity index (χ3v) is 4.94. The molecule has 1 aromatic heterocycles. The van der Waals surface area contributed by atoms with E-state index in [1.807, 2.05) is 17.2 Å². The van der Waals surface area contributed by atoms with Crippen molar-refractivity contribution < 1.29 is 9.53 Å². The van der Waals surface area contributed by atoms with Gasteiger partial charge in [-0.15, -0.1) is 0 Å². The molecule has 2 aromatic rings. The van der Waals surface area contributed by atoms with E-state index in [0.717, 1.165) is 6.42 Å². The van der Waals surface area contributed by atoms with E-state index in [1.165, 1.54) is 5.56 Å². The van der Waals surface area contributed by atoms with Crippen LogP contribution in [0.1, 0.15) is 42.2 Å². The van der Waals surface area contributed by atoms with Crippen LogP contribution in [0.25, 0.3) is 0 Å². The van der Waals surface area contributed by atoms with Gasteiger partial charge in [-0.25, -0.2) is 0 Å². The van der Waals surface area contributed by atoms with Crippen LogP contribution in [-0.4, -0.2) is 46.4 Å². The summed E-state index contributed by atoms with van der Waals surface area (Å²) in [5.74, 6) is 0.394. The summed E-state index contributed by atoms with van der Waals surface area (Å²) in [7, 11) is 1.66. The van der Waals surface area contributed by atoms with Crippen molar-refractivity contribution >= 4 is 5.91 Å². The molecule has 1 saturated heterocycles. The molecule has 1 aromatic carbocycles. The summed E-state index contributed by atoms with van der Waals surface area (Å²) in [5.41, 5.74) is 1.82. The summed E-state index contributed by atoms with van der Waals surface area (Å²) in [4.78, 5) is 14.9. The predicted octanol–water partition coefficient (Wildman–Crippen LogP) is 2.94. The number of carbonyl (C=O) groups is 1. The Morgan fingerprint density at radius 2 is 2.00 bits per heavy atom. The summed E-state index contributed by atoms with van der Waals surface area (Å²) in [6.45, 7) is 5.50. The second-order valence-electron chi connectivity index (χ2n) is 6.51. The predicted molar refractivity (Wildman–Crippen MR) is 93.0 cm³/mol. The minimum atomic E-state index is 0.0181. The Morgan fingerprint density at radius 3 is 2.71 bits per heavy atom. The van der Waals surface area contributed by atoms with Gasteiger partial charge in [-0.2, -0.15) is 5.10 Å². The van der Waals surface area contributed by atoms with Crippen LogP contribution in [0.2, 0.25) is 0 Å². The normalized spacial score (nSPS) is 23.6. The molecule has 5 heteroatoms. The molecule has 3 unspecified atom stereocenters. The molecular weight excluding hydrogens is 302 g/mol. The number of rotatable bonds is 5. The van der Waals surface area contributed by atoms with Crippen molar-refractivity contribution in [2.75, 3.05) is 13.7 Å². The van der Waals surface area contributed by atoms with Gasteiger partial charge in [0.1, 0.15) is 5.69 Å². The van der Waals surface area contributed by atoms with Crippen LogP contribution in [-0.2, 0) is 11.3 Å². The standard InChI is InChI=1S/C19H25N3O2/c1-14-13-17(16-7-5-4-6-8-16)15(2)22(14)19(23)18-9-10-21(20-18)11-12-24-3/h4-10,14-15,17H,11-13H2,1-3H3. The Kier molecular flexibility index (Phi) is 5.00. The van der Waals surface area contributed by atoms with Gasteiger partial charge in [0.15, 0.2) is 0 Å². The maximum Gasteiger partial charge on any atom is 0.274 e. The number of carbonyl (C=O) groups excluding carboxylic acids is 1. The van der Waals surface area contributed by atoms with E-state index >= 15 is 0 Å². The maximum atomic E-state index is 13.0. The third-order valence-electron chi connectivity index (χ3n) is 4.94. The van der Waals surface area contributed by atoms with Crippen molar-refractivity contribution in [2.24, 2.45) is 0 Å². The lowest BCUT2D eigenvalue weighted by molar-refractivity contribution is 0.0680. The van der Waals surface area contributed by atoms with Crippen LogP contribution in [0.3, 0.4) is 0 Å². The fraction of sp³-hybridized carbons (Fsp3) is 0.474. The smallest absolute Gasteiger partial charge is 0.274 e. The van der Waals surface area contributed by atoms with Crippen LogP contribution in [0.5, 0.6) is 0 Å². The average Bonchev–Trinajstić information content (AvgIpc) is 3.18. The minimum absolute atomic E-state index is 0.0181. The van der Waals surface area contributed by atoms with Gasteiger partial charge in [-0.1, -0.05) is 30.3 Å². The van der Waals surface area contributed by atoms with Crippen molar-refractivity contribution in [1.82, 2.24) is 14.7 Å². The van der Waals surface area contributed by atoms with Crippen molar-refractivity contribution in [3.05, 3.63) is 53.9 Å². The number of nitrogens with zero attached hydrogens (tertiary/aromatic N) is 3. The number of ether oxygens (including phenoxy) is 1. The fourth-order valence-electron chi connectivity index (χ4n) is 3.69. The average molecular weight is 327 g/mol. The monoisotopic (exact) mass is 327 g/mol. The number of amides is 1. The molecule has 0 saturated carbocycles. The molecule has 0 aliphatic carbocycles. The van der Waals surface area contributed by atoms with Gasteiger partial charge < -0.3 is 9.64 Å². The molecule has 0 radical (unpaired) electrons. The van der Waals surface area contributed by atoms with Crippen LogP contribution >= 0.6 is 0 Å². The zero-order chi connectivity index (χ0) is 17.1. The van der Waals surface area contributed by atoms with E-state index in [0.29, 0.717) is 24.8 Å². The number of methoxy groups -OCH3 is 1. The molecule has 5 nitrogen and oxygen atoms in total. The van der Waals surface area contributed by atoms with Gasteiger partial charge in [0.05, 0.1) is 13.2 Å². The number of hydrogen-bond donors (Lipinski definition) is 0. The van der Waals surface area contributed by atoms with E-state index in [1.54, 1.807) is 17.9 Å². The number of likely N-dealkylation sites (tertiary alicyclic amines) is 1. The van der Waals surface area contributed by atoms with Crippen molar-refractivity contribution in [2.45, 2.75) is 44.8 Å². The highest BCUT2D eigenvalue weighted by Crippen LogP contribution is 2.37. The number of aromatic nitrogens is 2. The Morgan fingerprint density at radius 1 is 1.25 bits per heavy atom. The summed E-state index contributed by atoms with van der Waals surface area (Å²) in [6, 6.07) is 12.6. The number of hydrogen-bond acceptors (Lipinski definition) is 3. The first-order valence-corrected chi connectivity index (χ1v) is 8.51. The summed E-state index contributed by atoms with van der Waals surface area (Å²) >= 11 is 0. The van der Waals surface area contributed by atoms with E-state index in [-0.39, 0.29) is 18.0 Å². The molecule has 128 valence electrons. The van der Waals surface area contributed by atoms with Crippen molar-refractivity contribution in [3.8, 4) is 0 Å². The van der Waals surface area contributed by atoms with Crippen LogP contribution in [0.4, 0.5) is 0 Å². The van der Waals surface area contributed by atoms with Gasteiger partial charge in [0.25, 0.3) is 5.91 Å². The molecule has 3 rings (SSSR count). The molecule has 3 atom stereocenters. The van der Waals surface area contributed by atoms with E-state index in [2.05, 4.69) is 43.2 Å². The van der Waals surface area contributed by atoms with Crippen molar-refractivity contribution in [1.29, 1.82) is 0 Å². The van der Waals surface area contributed by atoms with Crippen LogP contribution in [0, 0.1) is 0 Å². The van der Waals surface area contributed by atoms with E-state index < -0.39 is 0 Å². The highest BCUT2D eigenvalue weighted by Gasteiger charge is 2.40. The Balaban J connectivity index is 1.76. The molecule has 0 spiro atoms. The molecular formula is C19H25N3O2. The quantitative estimate of drug-likeness (QED) is 0.848. The molecule has 1 fully saturated rings. The lowest BCUT2D eigenvalue weighted by Gasteiger charge is -2.27. The first-order chi connectivity index (χ1) is 11.6. The molecule has 1 amide bonds. The Bertz CT molecular complexity index is 683.